The third-order valence-corrected chi connectivity index (χ3v) is 0.521. The van der Waals surface area contributed by atoms with Gasteiger partial charge in [-0.2, -0.15) is 5.26 Å². The zero-order chi connectivity index (χ0) is 7.11. The molecule has 9 heavy (non-hydrogen) atoms. The quantitative estimate of drug-likeness (QED) is 0.334. The standard InChI is InChI=1S/C6H5NO2/c7-5-3-1-2-4-6(8)9/h1-4H,(H,8,9). The zero-order valence-corrected chi connectivity index (χ0v) is 4.61. The first kappa shape index (κ1) is 7.44. The average Bonchev–Trinajstić information content (AvgIpc) is 1.80. The fraction of sp³-hybridized carbons (Fsp3) is 0. The fourth-order valence-corrected chi connectivity index (χ4v) is 0.236. The predicted octanol–water partition coefficient (Wildman–Crippen LogP) is 0.707. The van der Waals surface area contributed by atoms with Gasteiger partial charge in [-0.1, -0.05) is 12.2 Å². The second-order valence-corrected chi connectivity index (χ2v) is 1.19. The molecule has 0 aromatic carbocycles. The summed E-state index contributed by atoms with van der Waals surface area (Å²) < 4.78 is 0. The lowest BCUT2D eigenvalue weighted by Gasteiger charge is -1.71. The van der Waals surface area contributed by atoms with Crippen molar-refractivity contribution in [3.05, 3.63) is 24.3 Å². The summed E-state index contributed by atoms with van der Waals surface area (Å²) in [6.07, 6.45) is 4.78. The molecule has 46 valence electrons. The van der Waals surface area contributed by atoms with E-state index in [4.69, 9.17) is 10.4 Å². The monoisotopic (exact) mass is 123 g/mol. The Morgan fingerprint density at radius 3 is 2.67 bits per heavy atom. The SMILES string of the molecule is N#CC=CC=CC(=O)O. The summed E-state index contributed by atoms with van der Waals surface area (Å²) in [5, 5.41) is 15.9. The highest BCUT2D eigenvalue weighted by atomic mass is 16.4. The van der Waals surface area contributed by atoms with Gasteiger partial charge in [-0.25, -0.2) is 4.79 Å². The van der Waals surface area contributed by atoms with Gasteiger partial charge in [0.25, 0.3) is 0 Å². The van der Waals surface area contributed by atoms with Crippen LogP contribution in [-0.2, 0) is 4.79 Å². The lowest BCUT2D eigenvalue weighted by molar-refractivity contribution is -0.131. The summed E-state index contributed by atoms with van der Waals surface area (Å²) in [5.74, 6) is -1.02. The van der Waals surface area contributed by atoms with E-state index in [1.54, 1.807) is 6.07 Å². The molecule has 0 heterocycles. The first-order valence-corrected chi connectivity index (χ1v) is 2.23. The largest absolute Gasteiger partial charge is 0.478 e. The van der Waals surface area contributed by atoms with Gasteiger partial charge in [0.1, 0.15) is 0 Å². The van der Waals surface area contributed by atoms with Gasteiger partial charge in [0.15, 0.2) is 0 Å². The predicted molar refractivity (Wildman–Crippen MR) is 31.5 cm³/mol. The van der Waals surface area contributed by atoms with E-state index in [1.165, 1.54) is 18.2 Å². The Bertz CT molecular complexity index is 186. The van der Waals surface area contributed by atoms with E-state index in [0.29, 0.717) is 0 Å². The van der Waals surface area contributed by atoms with Crippen molar-refractivity contribution >= 4 is 5.97 Å². The van der Waals surface area contributed by atoms with Gasteiger partial charge in [-0.05, 0) is 0 Å². The number of aliphatic carboxylic acids is 1. The van der Waals surface area contributed by atoms with Gasteiger partial charge in [-0.15, -0.1) is 0 Å². The molecule has 0 aliphatic rings. The Balaban J connectivity index is 3.63. The van der Waals surface area contributed by atoms with Crippen molar-refractivity contribution in [2.24, 2.45) is 0 Å². The van der Waals surface area contributed by atoms with Crippen LogP contribution in [0.4, 0.5) is 0 Å². The van der Waals surface area contributed by atoms with Crippen molar-refractivity contribution in [3.63, 3.8) is 0 Å². The number of hydrogen-bond acceptors (Lipinski definition) is 2. The molecular weight excluding hydrogens is 118 g/mol. The van der Waals surface area contributed by atoms with Gasteiger partial charge in [-0.3, -0.25) is 0 Å². The number of carboxylic acids is 1. The maximum Gasteiger partial charge on any atom is 0.328 e. The Morgan fingerprint density at radius 2 is 2.22 bits per heavy atom. The molecule has 0 aromatic rings. The lowest BCUT2D eigenvalue weighted by atomic mass is 10.4. The number of rotatable bonds is 2. The Kier molecular flexibility index (Phi) is 3.80. The molecule has 0 fully saturated rings. The summed E-state index contributed by atoms with van der Waals surface area (Å²) in [5.41, 5.74) is 0. The van der Waals surface area contributed by atoms with E-state index in [2.05, 4.69) is 0 Å². The minimum Gasteiger partial charge on any atom is -0.478 e. The van der Waals surface area contributed by atoms with Gasteiger partial charge in [0, 0.05) is 12.2 Å². The number of nitriles is 1. The molecule has 0 aliphatic heterocycles. The summed E-state index contributed by atoms with van der Waals surface area (Å²) in [6, 6.07) is 1.72. The molecule has 0 atom stereocenters. The molecule has 0 radical (unpaired) electrons. The van der Waals surface area contributed by atoms with E-state index in [9.17, 15) is 4.79 Å². The highest BCUT2D eigenvalue weighted by Gasteiger charge is 1.78. The van der Waals surface area contributed by atoms with Crippen LogP contribution < -0.4 is 0 Å². The average molecular weight is 123 g/mol. The summed E-state index contributed by atoms with van der Waals surface area (Å²) >= 11 is 0. The maximum atomic E-state index is 9.76. The van der Waals surface area contributed by atoms with Crippen molar-refractivity contribution < 1.29 is 9.90 Å². The Hall–Kier alpha value is -1.56. The fourth-order valence-electron chi connectivity index (χ4n) is 0.236. The minimum atomic E-state index is -1.02. The number of carboxylic acid groups (broad SMARTS) is 1. The second-order valence-electron chi connectivity index (χ2n) is 1.19. The highest BCUT2D eigenvalue weighted by Crippen LogP contribution is 1.74. The van der Waals surface area contributed by atoms with Crippen LogP contribution >= 0.6 is 0 Å². The van der Waals surface area contributed by atoms with Crippen molar-refractivity contribution in [2.75, 3.05) is 0 Å². The van der Waals surface area contributed by atoms with Crippen LogP contribution in [0.25, 0.3) is 0 Å². The number of hydrogen-bond donors (Lipinski definition) is 1. The summed E-state index contributed by atoms with van der Waals surface area (Å²) in [7, 11) is 0. The van der Waals surface area contributed by atoms with Crippen LogP contribution in [0.2, 0.25) is 0 Å². The Labute approximate surface area is 52.5 Å². The van der Waals surface area contributed by atoms with E-state index in [-0.39, 0.29) is 0 Å². The van der Waals surface area contributed by atoms with Crippen molar-refractivity contribution in [1.82, 2.24) is 0 Å². The molecule has 0 saturated heterocycles. The normalized spacial score (nSPS) is 10.1. The third kappa shape index (κ3) is 6.44. The van der Waals surface area contributed by atoms with Crippen molar-refractivity contribution in [1.29, 1.82) is 5.26 Å². The summed E-state index contributed by atoms with van der Waals surface area (Å²) in [6.45, 7) is 0. The molecule has 0 aliphatic carbocycles. The maximum absolute atomic E-state index is 9.76. The van der Waals surface area contributed by atoms with Crippen molar-refractivity contribution in [2.45, 2.75) is 0 Å². The van der Waals surface area contributed by atoms with E-state index >= 15 is 0 Å². The molecule has 0 aromatic heterocycles. The van der Waals surface area contributed by atoms with E-state index in [0.717, 1.165) is 6.08 Å². The molecule has 0 spiro atoms. The molecule has 0 unspecified atom stereocenters. The topological polar surface area (TPSA) is 61.1 Å². The van der Waals surface area contributed by atoms with Crippen LogP contribution in [0.1, 0.15) is 0 Å². The van der Waals surface area contributed by atoms with Gasteiger partial charge >= 0.3 is 5.97 Å². The highest BCUT2D eigenvalue weighted by molar-refractivity contribution is 5.80. The number of nitrogens with zero attached hydrogens (tertiary/aromatic N) is 1. The van der Waals surface area contributed by atoms with Gasteiger partial charge in [0.2, 0.25) is 0 Å². The molecule has 0 bridgehead atoms. The Morgan fingerprint density at radius 1 is 1.56 bits per heavy atom. The van der Waals surface area contributed by atoms with Crippen LogP contribution in [0, 0.1) is 11.3 Å². The van der Waals surface area contributed by atoms with Crippen LogP contribution in [-0.4, -0.2) is 11.1 Å². The minimum absolute atomic E-state index is 0.952. The third-order valence-electron chi connectivity index (χ3n) is 0.521. The first-order valence-electron chi connectivity index (χ1n) is 2.23. The smallest absolute Gasteiger partial charge is 0.328 e. The van der Waals surface area contributed by atoms with E-state index in [1.807, 2.05) is 0 Å². The van der Waals surface area contributed by atoms with Crippen LogP contribution in [0.3, 0.4) is 0 Å². The molecule has 0 saturated carbocycles. The molecule has 0 rings (SSSR count). The number of carbonyl (C=O) groups is 1. The molecule has 0 amide bonds. The van der Waals surface area contributed by atoms with Crippen molar-refractivity contribution in [3.8, 4) is 6.07 Å². The first-order chi connectivity index (χ1) is 4.27. The second kappa shape index (κ2) is 4.60. The zero-order valence-electron chi connectivity index (χ0n) is 4.61. The van der Waals surface area contributed by atoms with Gasteiger partial charge < -0.3 is 5.11 Å². The van der Waals surface area contributed by atoms with Crippen LogP contribution in [0.5, 0.6) is 0 Å². The molecular formula is C6H5NO2. The van der Waals surface area contributed by atoms with Gasteiger partial charge in [0.05, 0.1) is 6.07 Å². The molecule has 1 N–H and O–H groups in total. The number of allylic oxidation sites excluding steroid dienone is 3. The van der Waals surface area contributed by atoms with E-state index < -0.39 is 5.97 Å². The molecule has 3 heteroatoms. The molecule has 3 nitrogen and oxygen atoms in total. The lowest BCUT2D eigenvalue weighted by Crippen LogP contribution is -1.84. The van der Waals surface area contributed by atoms with Crippen LogP contribution in [0.15, 0.2) is 24.3 Å². The summed E-state index contributed by atoms with van der Waals surface area (Å²) in [4.78, 5) is 9.76.